The van der Waals surface area contributed by atoms with Crippen LogP contribution in [0.5, 0.6) is 0 Å². The Labute approximate surface area is 102 Å². The number of carboxylic acid groups (broad SMARTS) is 1. The summed E-state index contributed by atoms with van der Waals surface area (Å²) < 4.78 is 0. The molecule has 0 radical (unpaired) electrons. The molecule has 0 aromatic carbocycles. The van der Waals surface area contributed by atoms with Gasteiger partial charge in [0.05, 0.1) is 0 Å². The molecule has 0 aliphatic heterocycles. The molecule has 4 rings (SSSR count). The summed E-state index contributed by atoms with van der Waals surface area (Å²) in [5, 5.41) is 10.5. The minimum Gasteiger partial charge on any atom is -0.550 e. The highest BCUT2D eigenvalue weighted by Gasteiger charge is 2.53. The molecule has 0 amide bonds. The number of carbonyl (C=O) groups is 2. The SMILES string of the molecule is O=C([O-])CCC(=O)C12CC3CC(CC(C3)C1)C2. The molecule has 0 unspecified atom stereocenters. The Balaban J connectivity index is 1.73. The van der Waals surface area contributed by atoms with Crippen molar-refractivity contribution >= 4 is 11.8 Å². The molecule has 0 saturated heterocycles. The Hall–Kier alpha value is -0.860. The summed E-state index contributed by atoms with van der Waals surface area (Å²) in [6.07, 6.45) is 7.13. The maximum atomic E-state index is 12.3. The van der Waals surface area contributed by atoms with Crippen LogP contribution in [0.25, 0.3) is 0 Å². The molecular weight excluding hydrogens is 216 g/mol. The molecule has 0 atom stereocenters. The summed E-state index contributed by atoms with van der Waals surface area (Å²) in [5.41, 5.74) is -0.135. The van der Waals surface area contributed by atoms with Gasteiger partial charge in [0.15, 0.2) is 0 Å². The third kappa shape index (κ3) is 1.90. The van der Waals surface area contributed by atoms with Crippen LogP contribution in [0.3, 0.4) is 0 Å². The van der Waals surface area contributed by atoms with Crippen molar-refractivity contribution in [1.29, 1.82) is 0 Å². The van der Waals surface area contributed by atoms with Crippen molar-refractivity contribution in [2.75, 3.05) is 0 Å². The van der Waals surface area contributed by atoms with Gasteiger partial charge in [-0.15, -0.1) is 0 Å². The summed E-state index contributed by atoms with van der Waals surface area (Å²) in [6.45, 7) is 0. The van der Waals surface area contributed by atoms with Gasteiger partial charge in [-0.25, -0.2) is 0 Å². The summed E-state index contributed by atoms with van der Waals surface area (Å²) in [5.74, 6) is 1.35. The number of hydrogen-bond acceptors (Lipinski definition) is 3. The Bertz CT molecular complexity index is 323. The first-order valence-corrected chi connectivity index (χ1v) is 6.80. The minimum absolute atomic E-state index is 0.0966. The van der Waals surface area contributed by atoms with Gasteiger partial charge in [-0.2, -0.15) is 0 Å². The summed E-state index contributed by atoms with van der Waals surface area (Å²) in [6, 6.07) is 0. The molecule has 94 valence electrons. The highest BCUT2D eigenvalue weighted by molar-refractivity contribution is 5.87. The molecule has 0 spiro atoms. The molecule has 17 heavy (non-hydrogen) atoms. The predicted octanol–water partition coefficient (Wildman–Crippen LogP) is 1.30. The fourth-order valence-corrected chi connectivity index (χ4v) is 4.93. The van der Waals surface area contributed by atoms with Crippen molar-refractivity contribution in [3.8, 4) is 0 Å². The van der Waals surface area contributed by atoms with Crippen LogP contribution in [-0.2, 0) is 9.59 Å². The Morgan fingerprint density at radius 2 is 1.41 bits per heavy atom. The molecular formula is C14H19O3-. The third-order valence-corrected chi connectivity index (χ3v) is 5.19. The zero-order valence-electron chi connectivity index (χ0n) is 10.1. The van der Waals surface area contributed by atoms with Gasteiger partial charge >= 0.3 is 0 Å². The lowest BCUT2D eigenvalue weighted by atomic mass is 9.48. The van der Waals surface area contributed by atoms with Crippen LogP contribution >= 0.6 is 0 Å². The van der Waals surface area contributed by atoms with E-state index in [0.29, 0.717) is 0 Å². The lowest BCUT2D eigenvalue weighted by Crippen LogP contribution is -2.50. The number of carbonyl (C=O) groups excluding carboxylic acids is 2. The van der Waals surface area contributed by atoms with Gasteiger partial charge in [0, 0.05) is 17.8 Å². The van der Waals surface area contributed by atoms with E-state index in [1.807, 2.05) is 0 Å². The van der Waals surface area contributed by atoms with Crippen molar-refractivity contribution in [2.45, 2.75) is 51.4 Å². The van der Waals surface area contributed by atoms with Gasteiger partial charge < -0.3 is 9.90 Å². The lowest BCUT2D eigenvalue weighted by molar-refractivity contribution is -0.305. The van der Waals surface area contributed by atoms with Crippen molar-refractivity contribution in [3.05, 3.63) is 0 Å². The fourth-order valence-electron chi connectivity index (χ4n) is 4.93. The van der Waals surface area contributed by atoms with Crippen LogP contribution < -0.4 is 5.11 Å². The smallest absolute Gasteiger partial charge is 0.139 e. The van der Waals surface area contributed by atoms with Gasteiger partial charge in [-0.3, -0.25) is 4.79 Å². The highest BCUT2D eigenvalue weighted by atomic mass is 16.4. The second-order valence-corrected chi connectivity index (χ2v) is 6.49. The van der Waals surface area contributed by atoms with Crippen molar-refractivity contribution in [1.82, 2.24) is 0 Å². The van der Waals surface area contributed by atoms with E-state index in [-0.39, 0.29) is 24.0 Å². The second kappa shape index (κ2) is 3.82. The van der Waals surface area contributed by atoms with E-state index in [4.69, 9.17) is 0 Å². The zero-order chi connectivity index (χ0) is 12.0. The van der Waals surface area contributed by atoms with Crippen LogP contribution in [0.1, 0.15) is 51.4 Å². The fraction of sp³-hybridized carbons (Fsp3) is 0.857. The number of rotatable bonds is 4. The van der Waals surface area contributed by atoms with Crippen molar-refractivity contribution in [3.63, 3.8) is 0 Å². The van der Waals surface area contributed by atoms with Crippen LogP contribution in [0, 0.1) is 23.2 Å². The van der Waals surface area contributed by atoms with Crippen LogP contribution in [0.4, 0.5) is 0 Å². The Morgan fingerprint density at radius 3 is 1.82 bits per heavy atom. The first-order chi connectivity index (χ1) is 8.07. The van der Waals surface area contributed by atoms with Crippen LogP contribution in [0.2, 0.25) is 0 Å². The summed E-state index contributed by atoms with van der Waals surface area (Å²) in [7, 11) is 0. The Morgan fingerprint density at radius 1 is 0.941 bits per heavy atom. The van der Waals surface area contributed by atoms with Crippen molar-refractivity contribution < 1.29 is 14.7 Å². The summed E-state index contributed by atoms with van der Waals surface area (Å²) in [4.78, 5) is 22.8. The second-order valence-electron chi connectivity index (χ2n) is 6.49. The maximum absolute atomic E-state index is 12.3. The molecule has 4 fully saturated rings. The maximum Gasteiger partial charge on any atom is 0.139 e. The first kappa shape index (κ1) is 11.2. The Kier molecular flexibility index (Phi) is 2.53. The predicted molar refractivity (Wildman–Crippen MR) is 59.9 cm³/mol. The molecule has 0 aromatic heterocycles. The average molecular weight is 235 g/mol. The van der Waals surface area contributed by atoms with E-state index in [1.54, 1.807) is 0 Å². The number of aliphatic carboxylic acids is 1. The monoisotopic (exact) mass is 235 g/mol. The van der Waals surface area contributed by atoms with Gasteiger partial charge in [-0.05, 0) is 62.7 Å². The van der Waals surface area contributed by atoms with Crippen LogP contribution in [0.15, 0.2) is 0 Å². The van der Waals surface area contributed by atoms with Gasteiger partial charge in [0.25, 0.3) is 0 Å². The zero-order valence-corrected chi connectivity index (χ0v) is 10.1. The molecule has 0 aromatic rings. The molecule has 3 heteroatoms. The van der Waals surface area contributed by atoms with E-state index < -0.39 is 5.97 Å². The third-order valence-electron chi connectivity index (χ3n) is 5.19. The molecule has 0 N–H and O–H groups in total. The minimum atomic E-state index is -1.09. The quantitative estimate of drug-likeness (QED) is 0.738. The molecule has 4 saturated carbocycles. The number of ketones is 1. The number of Topliss-reactive ketones (excluding diaryl/α,β-unsaturated/α-hetero) is 1. The highest BCUT2D eigenvalue weighted by Crippen LogP contribution is 2.60. The largest absolute Gasteiger partial charge is 0.550 e. The number of hydrogen-bond donors (Lipinski definition) is 0. The normalized spacial score (nSPS) is 42.7. The molecule has 0 heterocycles. The van der Waals surface area contributed by atoms with E-state index in [0.717, 1.165) is 37.0 Å². The number of carboxylic acids is 1. The molecule has 4 bridgehead atoms. The molecule has 3 nitrogen and oxygen atoms in total. The van der Waals surface area contributed by atoms with Gasteiger partial charge in [-0.1, -0.05) is 0 Å². The molecule has 4 aliphatic rings. The van der Waals surface area contributed by atoms with E-state index in [1.165, 1.54) is 19.3 Å². The average Bonchev–Trinajstić information content (AvgIpc) is 2.23. The lowest BCUT2D eigenvalue weighted by Gasteiger charge is -2.56. The van der Waals surface area contributed by atoms with Gasteiger partial charge in [0.1, 0.15) is 5.78 Å². The molecule has 4 aliphatic carbocycles. The van der Waals surface area contributed by atoms with E-state index in [2.05, 4.69) is 0 Å². The summed E-state index contributed by atoms with van der Waals surface area (Å²) >= 11 is 0. The standard InChI is InChI=1S/C14H20O3/c15-12(1-2-13(16)17)14-6-9-3-10(7-14)5-11(4-9)8-14/h9-11H,1-8H2,(H,16,17)/p-1. The van der Waals surface area contributed by atoms with Crippen molar-refractivity contribution in [2.24, 2.45) is 23.2 Å². The first-order valence-electron chi connectivity index (χ1n) is 6.80. The van der Waals surface area contributed by atoms with E-state index >= 15 is 0 Å². The topological polar surface area (TPSA) is 57.2 Å². The van der Waals surface area contributed by atoms with Crippen LogP contribution in [-0.4, -0.2) is 11.8 Å². The van der Waals surface area contributed by atoms with E-state index in [9.17, 15) is 14.7 Å². The van der Waals surface area contributed by atoms with Gasteiger partial charge in [0.2, 0.25) is 0 Å².